The van der Waals surface area contributed by atoms with Gasteiger partial charge in [0.1, 0.15) is 23.4 Å². The number of aryl methyl sites for hydroxylation is 1. The number of carbonyl (C=O) groups is 1. The van der Waals surface area contributed by atoms with E-state index in [2.05, 4.69) is 45.8 Å². The first-order chi connectivity index (χ1) is 15.9. The van der Waals surface area contributed by atoms with E-state index >= 15 is 0 Å². The molecule has 3 aromatic rings. The van der Waals surface area contributed by atoms with E-state index in [-0.39, 0.29) is 11.9 Å². The van der Waals surface area contributed by atoms with Crippen molar-refractivity contribution in [2.45, 2.75) is 45.7 Å². The average molecular weight is 449 g/mol. The van der Waals surface area contributed by atoms with Crippen LogP contribution in [0.25, 0.3) is 5.82 Å². The molecule has 1 aromatic carbocycles. The molecule has 3 heterocycles. The monoisotopic (exact) mass is 448 g/mol. The maximum Gasteiger partial charge on any atom is 0.243 e. The summed E-state index contributed by atoms with van der Waals surface area (Å²) in [6, 6.07) is 11.4. The Bertz CT molecular complexity index is 1100. The molecule has 1 amide bonds. The molecule has 0 saturated carbocycles. The van der Waals surface area contributed by atoms with E-state index in [0.717, 1.165) is 29.1 Å². The van der Waals surface area contributed by atoms with Crippen LogP contribution in [0, 0.1) is 12.8 Å². The molecule has 4 rings (SSSR count). The van der Waals surface area contributed by atoms with E-state index < -0.39 is 6.04 Å². The summed E-state index contributed by atoms with van der Waals surface area (Å²) in [6.07, 6.45) is 5.27. The van der Waals surface area contributed by atoms with Gasteiger partial charge in [0.15, 0.2) is 0 Å². The van der Waals surface area contributed by atoms with E-state index in [1.807, 2.05) is 54.2 Å². The number of carbonyl (C=O) groups excluding carboxylic acids is 1. The second kappa shape index (κ2) is 9.94. The molecule has 0 saturated heterocycles. The zero-order chi connectivity index (χ0) is 23.4. The number of hydrogen-bond donors (Lipinski definition) is 3. The van der Waals surface area contributed by atoms with Gasteiger partial charge >= 0.3 is 0 Å². The third-order valence-electron chi connectivity index (χ3n) is 5.68. The summed E-state index contributed by atoms with van der Waals surface area (Å²) in [5.74, 6) is 2.94. The predicted octanol–water partition coefficient (Wildman–Crippen LogP) is 4.08. The molecular formula is C25H32N6O2. The summed E-state index contributed by atoms with van der Waals surface area (Å²) >= 11 is 0. The Kier molecular flexibility index (Phi) is 6.82. The SMILES string of the molecule is CNc1nc(N[C@H](CC(C)C)C(=O)NC2CCOc3cc(C)ccc32)cc(-n2cccc2)n1. The lowest BCUT2D eigenvalue weighted by Gasteiger charge is -2.29. The number of rotatable bonds is 8. The number of fused-ring (bicyclic) bond motifs is 1. The summed E-state index contributed by atoms with van der Waals surface area (Å²) in [6.45, 7) is 6.84. The first kappa shape index (κ1) is 22.6. The number of anilines is 2. The molecule has 1 aliphatic heterocycles. The van der Waals surface area contributed by atoms with Crippen LogP contribution >= 0.6 is 0 Å². The molecule has 2 atom stereocenters. The summed E-state index contributed by atoms with van der Waals surface area (Å²) in [4.78, 5) is 22.5. The standard InChI is InChI=1S/C25H32N6O2/c1-16(2)13-20(24(32)28-19-9-12-33-21-14-17(3)7-8-18(19)21)27-22-15-23(30-25(26-4)29-22)31-10-5-6-11-31/h5-8,10-11,14-16,19-20H,9,12-13H2,1-4H3,(H,28,32)(H2,26,27,29,30)/t19?,20-/m1/s1. The van der Waals surface area contributed by atoms with E-state index in [9.17, 15) is 4.79 Å². The molecule has 0 spiro atoms. The Balaban J connectivity index is 1.56. The minimum absolute atomic E-state index is 0.0470. The Labute approximate surface area is 194 Å². The molecule has 0 fully saturated rings. The average Bonchev–Trinajstić information content (AvgIpc) is 3.33. The van der Waals surface area contributed by atoms with Gasteiger partial charge in [-0.1, -0.05) is 26.0 Å². The lowest BCUT2D eigenvalue weighted by Crippen LogP contribution is -2.43. The molecule has 2 aromatic heterocycles. The van der Waals surface area contributed by atoms with Crippen LogP contribution in [0.1, 0.15) is 43.9 Å². The Morgan fingerprint density at radius 3 is 2.73 bits per heavy atom. The van der Waals surface area contributed by atoms with Crippen molar-refractivity contribution in [2.24, 2.45) is 5.92 Å². The van der Waals surface area contributed by atoms with Gasteiger partial charge in [0, 0.05) is 37.5 Å². The van der Waals surface area contributed by atoms with Crippen molar-refractivity contribution in [1.29, 1.82) is 0 Å². The highest BCUT2D eigenvalue weighted by Gasteiger charge is 2.27. The molecule has 0 aliphatic carbocycles. The molecular weight excluding hydrogens is 416 g/mol. The molecule has 3 N–H and O–H groups in total. The molecule has 8 heteroatoms. The van der Waals surface area contributed by atoms with Gasteiger partial charge in [0.2, 0.25) is 11.9 Å². The van der Waals surface area contributed by atoms with Crippen LogP contribution in [-0.2, 0) is 4.79 Å². The van der Waals surface area contributed by atoms with Crippen LogP contribution in [0.5, 0.6) is 5.75 Å². The Hall–Kier alpha value is -3.55. The van der Waals surface area contributed by atoms with Crippen molar-refractivity contribution in [3.63, 3.8) is 0 Å². The molecule has 1 unspecified atom stereocenters. The molecule has 1 aliphatic rings. The predicted molar refractivity (Wildman–Crippen MR) is 130 cm³/mol. The van der Waals surface area contributed by atoms with Crippen molar-refractivity contribution >= 4 is 17.7 Å². The number of amides is 1. The van der Waals surface area contributed by atoms with Crippen molar-refractivity contribution in [2.75, 3.05) is 24.3 Å². The van der Waals surface area contributed by atoms with E-state index in [1.165, 1.54) is 0 Å². The summed E-state index contributed by atoms with van der Waals surface area (Å²) in [5, 5.41) is 9.61. The highest BCUT2D eigenvalue weighted by atomic mass is 16.5. The maximum absolute atomic E-state index is 13.4. The van der Waals surface area contributed by atoms with Crippen molar-refractivity contribution in [3.05, 3.63) is 59.9 Å². The molecule has 0 bridgehead atoms. The fraction of sp³-hybridized carbons (Fsp3) is 0.400. The number of hydrogen-bond acceptors (Lipinski definition) is 6. The van der Waals surface area contributed by atoms with E-state index in [4.69, 9.17) is 4.74 Å². The quantitative estimate of drug-likeness (QED) is 0.481. The third-order valence-corrected chi connectivity index (χ3v) is 5.68. The second-order valence-electron chi connectivity index (χ2n) is 8.84. The normalized spacial score (nSPS) is 16.0. The number of benzene rings is 1. The van der Waals surface area contributed by atoms with Gasteiger partial charge in [-0.25, -0.2) is 0 Å². The topological polar surface area (TPSA) is 93.1 Å². The van der Waals surface area contributed by atoms with Gasteiger partial charge in [-0.05, 0) is 43.0 Å². The minimum atomic E-state index is -0.432. The highest BCUT2D eigenvalue weighted by molar-refractivity contribution is 5.85. The van der Waals surface area contributed by atoms with Crippen LogP contribution in [-0.4, -0.2) is 40.1 Å². The Morgan fingerprint density at radius 1 is 1.21 bits per heavy atom. The molecule has 33 heavy (non-hydrogen) atoms. The highest BCUT2D eigenvalue weighted by Crippen LogP contribution is 2.33. The molecule has 8 nitrogen and oxygen atoms in total. The summed E-state index contributed by atoms with van der Waals surface area (Å²) in [7, 11) is 1.78. The number of ether oxygens (including phenoxy) is 1. The van der Waals surface area contributed by atoms with Crippen LogP contribution < -0.4 is 20.7 Å². The smallest absolute Gasteiger partial charge is 0.243 e. The maximum atomic E-state index is 13.4. The zero-order valence-corrected chi connectivity index (χ0v) is 19.6. The number of aromatic nitrogens is 3. The van der Waals surface area contributed by atoms with Gasteiger partial charge in [0.25, 0.3) is 0 Å². The third kappa shape index (κ3) is 5.45. The zero-order valence-electron chi connectivity index (χ0n) is 19.6. The minimum Gasteiger partial charge on any atom is -0.493 e. The van der Waals surface area contributed by atoms with Gasteiger partial charge in [-0.2, -0.15) is 9.97 Å². The van der Waals surface area contributed by atoms with Crippen molar-refractivity contribution in [3.8, 4) is 11.6 Å². The van der Waals surface area contributed by atoms with Crippen LogP contribution in [0.3, 0.4) is 0 Å². The first-order valence-electron chi connectivity index (χ1n) is 11.4. The van der Waals surface area contributed by atoms with Gasteiger partial charge in [-0.3, -0.25) is 4.79 Å². The van der Waals surface area contributed by atoms with Crippen molar-refractivity contribution in [1.82, 2.24) is 19.9 Å². The molecule has 0 radical (unpaired) electrons. The first-order valence-corrected chi connectivity index (χ1v) is 11.4. The van der Waals surface area contributed by atoms with Gasteiger partial charge in [-0.15, -0.1) is 0 Å². The Morgan fingerprint density at radius 2 is 2.00 bits per heavy atom. The summed E-state index contributed by atoms with van der Waals surface area (Å²) in [5.41, 5.74) is 2.17. The fourth-order valence-corrected chi connectivity index (χ4v) is 4.04. The summed E-state index contributed by atoms with van der Waals surface area (Å²) < 4.78 is 7.73. The fourth-order valence-electron chi connectivity index (χ4n) is 4.04. The largest absolute Gasteiger partial charge is 0.493 e. The van der Waals surface area contributed by atoms with Crippen molar-refractivity contribution < 1.29 is 9.53 Å². The molecule has 174 valence electrons. The van der Waals surface area contributed by atoms with Crippen LogP contribution in [0.4, 0.5) is 11.8 Å². The number of nitrogens with one attached hydrogen (secondary N) is 3. The number of nitrogens with zero attached hydrogens (tertiary/aromatic N) is 3. The van der Waals surface area contributed by atoms with Crippen LogP contribution in [0.15, 0.2) is 48.8 Å². The van der Waals surface area contributed by atoms with E-state index in [1.54, 1.807) is 7.05 Å². The lowest BCUT2D eigenvalue weighted by atomic mass is 9.97. The van der Waals surface area contributed by atoms with Crippen LogP contribution in [0.2, 0.25) is 0 Å². The van der Waals surface area contributed by atoms with E-state index in [0.29, 0.717) is 30.7 Å². The second-order valence-corrected chi connectivity index (χ2v) is 8.84. The lowest BCUT2D eigenvalue weighted by molar-refractivity contribution is -0.123. The van der Waals surface area contributed by atoms with Gasteiger partial charge in [0.05, 0.1) is 12.6 Å². The van der Waals surface area contributed by atoms with Gasteiger partial charge < -0.3 is 25.3 Å².